The molecule has 0 aliphatic rings. The number of esters is 2. The number of hydrogen-bond acceptors (Lipinski definition) is 8. The van der Waals surface area contributed by atoms with Crippen LogP contribution in [0, 0.1) is 5.92 Å². The van der Waals surface area contributed by atoms with Crippen LogP contribution in [-0.4, -0.2) is 34.7 Å². The van der Waals surface area contributed by atoms with Gasteiger partial charge in [0.15, 0.2) is 0 Å². The maximum atomic E-state index is 11.5. The van der Waals surface area contributed by atoms with Crippen LogP contribution in [0.4, 0.5) is 0 Å². The number of hydrogen-bond donors (Lipinski definition) is 2. The highest BCUT2D eigenvalue weighted by atomic mass is 16.5. The molecular weight excluding hydrogens is 608 g/mol. The quantitative estimate of drug-likeness (QED) is 0.0839. The Balaban J connectivity index is 0.000000376. The molecule has 8 nitrogen and oxygen atoms in total. The molecule has 0 fully saturated rings. The van der Waals surface area contributed by atoms with E-state index in [1.54, 1.807) is 83.1 Å². The summed E-state index contributed by atoms with van der Waals surface area (Å²) in [7, 11) is 0. The molecule has 8 heteroatoms. The van der Waals surface area contributed by atoms with Crippen LogP contribution < -0.4 is 9.47 Å². The van der Waals surface area contributed by atoms with Gasteiger partial charge in [0.1, 0.15) is 35.6 Å². The van der Waals surface area contributed by atoms with Gasteiger partial charge in [0.2, 0.25) is 0 Å². The zero-order chi connectivity index (χ0) is 36.2. The molecule has 4 rings (SSSR count). The van der Waals surface area contributed by atoms with E-state index in [1.807, 2.05) is 48.5 Å². The number of aromatic hydroxyl groups is 2. The Hall–Kier alpha value is -6.02. The minimum Gasteiger partial charge on any atom is -0.508 e. The second-order valence-corrected chi connectivity index (χ2v) is 10.8. The molecule has 0 spiro atoms. The SMILES string of the molecule is C=C(C)C(=O)Oc1ccc(-c2ccc(O)cc2)cc1.C=C(C)C=O.C=C(C)C=O.CC(C)C(=O)Oc1ccc(-c2ccc(O)cc2)cc1. The highest BCUT2D eigenvalue weighted by Gasteiger charge is 2.10. The summed E-state index contributed by atoms with van der Waals surface area (Å²) in [6.07, 6.45) is 1.44. The first-order valence-corrected chi connectivity index (χ1v) is 14.8. The van der Waals surface area contributed by atoms with Gasteiger partial charge in [0.25, 0.3) is 0 Å². The molecule has 48 heavy (non-hydrogen) atoms. The van der Waals surface area contributed by atoms with E-state index in [4.69, 9.17) is 9.47 Å². The Labute approximate surface area is 282 Å². The van der Waals surface area contributed by atoms with Gasteiger partial charge in [-0.15, -0.1) is 0 Å². The van der Waals surface area contributed by atoms with Gasteiger partial charge in [-0.3, -0.25) is 14.4 Å². The van der Waals surface area contributed by atoms with Crippen molar-refractivity contribution >= 4 is 24.5 Å². The van der Waals surface area contributed by atoms with Crippen molar-refractivity contribution in [3.8, 4) is 45.3 Å². The van der Waals surface area contributed by atoms with Crippen molar-refractivity contribution in [2.45, 2.75) is 34.6 Å². The third-order valence-corrected chi connectivity index (χ3v) is 5.76. The first-order valence-electron chi connectivity index (χ1n) is 14.8. The summed E-state index contributed by atoms with van der Waals surface area (Å²) in [6, 6.07) is 28.3. The smallest absolute Gasteiger partial charge is 0.338 e. The molecule has 4 aromatic rings. The summed E-state index contributed by atoms with van der Waals surface area (Å²) in [5.74, 6) is 0.685. The number of phenols is 2. The van der Waals surface area contributed by atoms with E-state index in [0.717, 1.165) is 34.8 Å². The Morgan fingerprint density at radius 2 is 0.833 bits per heavy atom. The molecule has 2 N–H and O–H groups in total. The van der Waals surface area contributed by atoms with Crippen LogP contribution in [0.1, 0.15) is 34.6 Å². The predicted molar refractivity (Wildman–Crippen MR) is 190 cm³/mol. The van der Waals surface area contributed by atoms with Gasteiger partial charge in [-0.2, -0.15) is 0 Å². The van der Waals surface area contributed by atoms with Crippen molar-refractivity contribution in [3.63, 3.8) is 0 Å². The Morgan fingerprint density at radius 1 is 0.562 bits per heavy atom. The highest BCUT2D eigenvalue weighted by Crippen LogP contribution is 2.25. The summed E-state index contributed by atoms with van der Waals surface area (Å²) in [5.41, 5.74) is 5.48. The molecule has 0 heterocycles. The minimum absolute atomic E-state index is 0.142. The van der Waals surface area contributed by atoms with Crippen LogP contribution in [0.3, 0.4) is 0 Å². The topological polar surface area (TPSA) is 127 Å². The molecule has 0 unspecified atom stereocenters. The fraction of sp³-hybridized carbons (Fsp3) is 0.150. The van der Waals surface area contributed by atoms with Crippen molar-refractivity contribution in [3.05, 3.63) is 134 Å². The summed E-state index contributed by atoms with van der Waals surface area (Å²) in [5, 5.41) is 18.5. The molecule has 0 radical (unpaired) electrons. The van der Waals surface area contributed by atoms with Crippen molar-refractivity contribution < 1.29 is 38.9 Å². The number of phenolic OH excluding ortho intramolecular Hbond substituents is 2. The largest absolute Gasteiger partial charge is 0.508 e. The Morgan fingerprint density at radius 3 is 1.08 bits per heavy atom. The van der Waals surface area contributed by atoms with Crippen molar-refractivity contribution in [2.24, 2.45) is 5.92 Å². The zero-order valence-electron chi connectivity index (χ0n) is 27.9. The first-order chi connectivity index (χ1) is 22.7. The van der Waals surface area contributed by atoms with Gasteiger partial charge in [-0.25, -0.2) is 4.79 Å². The molecule has 0 bridgehead atoms. The van der Waals surface area contributed by atoms with Gasteiger partial charge in [0, 0.05) is 5.57 Å². The lowest BCUT2D eigenvalue weighted by molar-refractivity contribution is -0.137. The predicted octanol–water partition coefficient (Wildman–Crippen LogP) is 8.68. The lowest BCUT2D eigenvalue weighted by Gasteiger charge is -2.07. The molecule has 0 amide bonds. The zero-order valence-corrected chi connectivity index (χ0v) is 27.9. The Bertz CT molecular complexity index is 1650. The van der Waals surface area contributed by atoms with Crippen LogP contribution in [0.25, 0.3) is 22.3 Å². The van der Waals surface area contributed by atoms with E-state index in [1.165, 1.54) is 0 Å². The number of rotatable bonds is 8. The van der Waals surface area contributed by atoms with Gasteiger partial charge in [0.05, 0.1) is 5.92 Å². The molecule has 0 aromatic heterocycles. The third kappa shape index (κ3) is 15.8. The van der Waals surface area contributed by atoms with Crippen molar-refractivity contribution in [1.29, 1.82) is 0 Å². The second kappa shape index (κ2) is 20.9. The summed E-state index contributed by atoms with van der Waals surface area (Å²) in [6.45, 7) is 18.7. The number of carbonyl (C=O) groups excluding carboxylic acids is 4. The van der Waals surface area contributed by atoms with Crippen LogP contribution >= 0.6 is 0 Å². The molecule has 0 aliphatic carbocycles. The van der Waals surface area contributed by atoms with Gasteiger partial charge >= 0.3 is 11.9 Å². The molecule has 0 saturated carbocycles. The van der Waals surface area contributed by atoms with E-state index in [0.29, 0.717) is 28.2 Å². The van der Waals surface area contributed by atoms with Gasteiger partial charge in [-0.1, -0.05) is 82.1 Å². The average molecular weight is 651 g/mol. The molecule has 4 aromatic carbocycles. The maximum absolute atomic E-state index is 11.5. The van der Waals surface area contributed by atoms with Crippen LogP contribution in [0.15, 0.2) is 134 Å². The highest BCUT2D eigenvalue weighted by molar-refractivity contribution is 5.88. The molecule has 250 valence electrons. The lowest BCUT2D eigenvalue weighted by atomic mass is 10.1. The first kappa shape index (κ1) is 40.0. The lowest BCUT2D eigenvalue weighted by Crippen LogP contribution is -2.14. The van der Waals surface area contributed by atoms with E-state index in [-0.39, 0.29) is 23.4 Å². The van der Waals surface area contributed by atoms with Crippen molar-refractivity contribution in [2.75, 3.05) is 0 Å². The van der Waals surface area contributed by atoms with Crippen LogP contribution in [-0.2, 0) is 19.2 Å². The van der Waals surface area contributed by atoms with E-state index in [2.05, 4.69) is 19.7 Å². The third-order valence-electron chi connectivity index (χ3n) is 5.76. The fourth-order valence-corrected chi connectivity index (χ4v) is 3.17. The number of ether oxygens (including phenoxy) is 2. The molecule has 0 atom stereocenters. The average Bonchev–Trinajstić information content (AvgIpc) is 3.07. The number of aldehydes is 2. The second-order valence-electron chi connectivity index (χ2n) is 10.8. The molecule has 0 aliphatic heterocycles. The van der Waals surface area contributed by atoms with Crippen molar-refractivity contribution in [1.82, 2.24) is 0 Å². The standard InChI is InChI=1S/C16H16O3.C16H14O3.2C4H6O/c2*1-11(2)16(18)19-15-9-5-13(6-10-15)12-3-7-14(17)8-4-12;2*1-4(2)3-5/h3-11,17H,1-2H3;3-10,17H,1H2,2H3;2*3H,1H2,2H3. The molecular formula is C40H42O8. The van der Waals surface area contributed by atoms with E-state index < -0.39 is 5.97 Å². The van der Waals surface area contributed by atoms with Crippen LogP contribution in [0.5, 0.6) is 23.0 Å². The molecule has 0 saturated heterocycles. The number of allylic oxidation sites excluding steroid dienone is 2. The number of carbonyl (C=O) groups is 4. The van der Waals surface area contributed by atoms with Gasteiger partial charge < -0.3 is 19.7 Å². The summed E-state index contributed by atoms with van der Waals surface area (Å²) < 4.78 is 10.3. The normalized spacial score (nSPS) is 9.46. The monoisotopic (exact) mass is 650 g/mol. The fourth-order valence-electron chi connectivity index (χ4n) is 3.17. The number of benzene rings is 4. The minimum atomic E-state index is -0.433. The summed E-state index contributed by atoms with van der Waals surface area (Å²) in [4.78, 5) is 41.6. The van der Waals surface area contributed by atoms with E-state index >= 15 is 0 Å². The van der Waals surface area contributed by atoms with Gasteiger partial charge in [-0.05, 0) is 103 Å². The van der Waals surface area contributed by atoms with E-state index in [9.17, 15) is 29.4 Å². The van der Waals surface area contributed by atoms with Crippen LogP contribution in [0.2, 0.25) is 0 Å². The Kier molecular flexibility index (Phi) is 17.4. The maximum Gasteiger partial charge on any atom is 0.338 e. The summed E-state index contributed by atoms with van der Waals surface area (Å²) >= 11 is 0.